The first kappa shape index (κ1) is 16.2. The summed E-state index contributed by atoms with van der Waals surface area (Å²) < 4.78 is 12.3. The highest BCUT2D eigenvalue weighted by molar-refractivity contribution is 6.05. The van der Waals surface area contributed by atoms with Gasteiger partial charge in [-0.15, -0.1) is 0 Å². The van der Waals surface area contributed by atoms with Crippen molar-refractivity contribution < 1.29 is 29.6 Å². The van der Waals surface area contributed by atoms with Crippen molar-refractivity contribution in [3.8, 4) is 0 Å². The first-order chi connectivity index (χ1) is 12.1. The van der Waals surface area contributed by atoms with E-state index in [4.69, 9.17) is 9.47 Å². The number of hydrogen-bond acceptors (Lipinski definition) is 6. The lowest BCUT2D eigenvalue weighted by Gasteiger charge is -2.79. The van der Waals surface area contributed by atoms with Crippen molar-refractivity contribution >= 4 is 5.78 Å². The lowest BCUT2D eigenvalue weighted by atomic mass is 9.34. The van der Waals surface area contributed by atoms with Gasteiger partial charge in [-0.25, -0.2) is 0 Å². The molecule has 2 spiro atoms. The highest BCUT2D eigenvalue weighted by Gasteiger charge is 2.92. The van der Waals surface area contributed by atoms with Gasteiger partial charge in [0, 0.05) is 23.2 Å². The fourth-order valence-electron chi connectivity index (χ4n) is 8.49. The minimum absolute atomic E-state index is 0.249. The Labute approximate surface area is 152 Å². The smallest absolute Gasteiger partial charge is 0.211 e. The van der Waals surface area contributed by atoms with E-state index in [0.29, 0.717) is 12.0 Å². The number of ketones is 1. The Hall–Kier alpha value is -0.790. The quantitative estimate of drug-likeness (QED) is 0.550. The van der Waals surface area contributed by atoms with Crippen LogP contribution in [-0.4, -0.2) is 51.5 Å². The summed E-state index contributed by atoms with van der Waals surface area (Å²) in [6, 6.07) is 0. The molecule has 26 heavy (non-hydrogen) atoms. The van der Waals surface area contributed by atoms with Crippen LogP contribution in [0.1, 0.15) is 39.5 Å². The van der Waals surface area contributed by atoms with Gasteiger partial charge in [0.15, 0.2) is 12.1 Å². The number of carbonyl (C=O) groups excluding carboxylic acids is 1. The monoisotopic (exact) mass is 362 g/mol. The molecule has 0 amide bonds. The molecule has 0 aromatic rings. The summed E-state index contributed by atoms with van der Waals surface area (Å²) in [5.74, 6) is -3.38. The largest absolute Gasteiger partial charge is 0.393 e. The molecule has 7 bridgehead atoms. The second kappa shape index (κ2) is 4.13. The SMILES string of the molecule is C=C1C(=O)[C@@]23[C@@H]4O[C@H]5O[C@@]2(O)[C@@H](O)[C@@H]2C(C)(C)CCC[C@]52[C@H]3[C@@H](O)C[C@@H]14. The van der Waals surface area contributed by atoms with Gasteiger partial charge < -0.3 is 24.8 Å². The summed E-state index contributed by atoms with van der Waals surface area (Å²) in [6.07, 6.45) is -0.195. The van der Waals surface area contributed by atoms with Crippen molar-refractivity contribution in [2.45, 2.75) is 69.9 Å². The molecule has 0 radical (unpaired) electrons. The molecule has 4 saturated carbocycles. The lowest BCUT2D eigenvalue weighted by Crippen LogP contribution is -2.91. The molecule has 4 aliphatic carbocycles. The molecule has 6 heteroatoms. The molecule has 0 aromatic carbocycles. The van der Waals surface area contributed by atoms with E-state index in [1.807, 2.05) is 0 Å². The molecule has 142 valence electrons. The van der Waals surface area contributed by atoms with Crippen LogP contribution in [0.25, 0.3) is 0 Å². The van der Waals surface area contributed by atoms with Crippen LogP contribution in [0.15, 0.2) is 12.2 Å². The van der Waals surface area contributed by atoms with Crippen LogP contribution in [0.3, 0.4) is 0 Å². The molecule has 10 atom stereocenters. The summed E-state index contributed by atoms with van der Waals surface area (Å²) in [5.41, 5.74) is -1.95. The third kappa shape index (κ3) is 1.21. The van der Waals surface area contributed by atoms with Gasteiger partial charge in [0.25, 0.3) is 0 Å². The van der Waals surface area contributed by atoms with Gasteiger partial charge in [-0.2, -0.15) is 0 Å². The van der Waals surface area contributed by atoms with Crippen LogP contribution in [0.4, 0.5) is 0 Å². The van der Waals surface area contributed by atoms with Crippen LogP contribution < -0.4 is 0 Å². The molecule has 4 saturated heterocycles. The van der Waals surface area contributed by atoms with E-state index in [2.05, 4.69) is 20.4 Å². The normalized spacial score (nSPS) is 64.0. The minimum atomic E-state index is -2.03. The summed E-state index contributed by atoms with van der Waals surface area (Å²) >= 11 is 0. The maximum absolute atomic E-state index is 13.5. The second-order valence-electron chi connectivity index (χ2n) is 10.2. The van der Waals surface area contributed by atoms with Gasteiger partial charge in [0.1, 0.15) is 11.5 Å². The van der Waals surface area contributed by atoms with Crippen molar-refractivity contribution in [3.05, 3.63) is 12.2 Å². The first-order valence-electron chi connectivity index (χ1n) is 9.79. The van der Waals surface area contributed by atoms with Crippen LogP contribution in [0.5, 0.6) is 0 Å². The number of ether oxygens (including phenoxy) is 2. The van der Waals surface area contributed by atoms with E-state index in [9.17, 15) is 20.1 Å². The van der Waals surface area contributed by atoms with Gasteiger partial charge in [0.05, 0.1) is 12.2 Å². The Balaban J connectivity index is 1.70. The molecule has 6 nitrogen and oxygen atoms in total. The third-order valence-electron chi connectivity index (χ3n) is 9.04. The van der Waals surface area contributed by atoms with Crippen molar-refractivity contribution in [2.24, 2.45) is 34.0 Å². The summed E-state index contributed by atoms with van der Waals surface area (Å²) in [7, 11) is 0. The van der Waals surface area contributed by atoms with Crippen molar-refractivity contribution in [1.82, 2.24) is 0 Å². The Morgan fingerprint density at radius 1 is 1.19 bits per heavy atom. The van der Waals surface area contributed by atoms with Gasteiger partial charge in [0.2, 0.25) is 5.79 Å². The molecule has 4 heterocycles. The minimum Gasteiger partial charge on any atom is -0.393 e. The Bertz CT molecular complexity index is 761. The molecule has 8 fully saturated rings. The van der Waals surface area contributed by atoms with E-state index in [0.717, 1.165) is 19.3 Å². The predicted molar refractivity (Wildman–Crippen MR) is 88.4 cm³/mol. The van der Waals surface area contributed by atoms with Gasteiger partial charge in [-0.1, -0.05) is 26.8 Å². The number of hydrogen-bond donors (Lipinski definition) is 3. The average Bonchev–Trinajstić information content (AvgIpc) is 2.70. The standard InChI is InChI=1S/C20H26O6/c1-8-9-7-10(21)11-18-6-4-5-17(2,3)12(18)14(23)20(24)19(11,13(8)22)15(9)25-16(18)26-20/h9-12,14-16,21,23-24H,1,4-7H2,2-3H3/t9-,10-,11+,12+,14-,15+,16-,18+,19-,20-/m0/s1. The van der Waals surface area contributed by atoms with Crippen LogP contribution in [-0.2, 0) is 14.3 Å². The summed E-state index contributed by atoms with van der Waals surface area (Å²) in [6.45, 7) is 8.16. The number of aliphatic hydroxyl groups is 3. The van der Waals surface area contributed by atoms with E-state index in [-0.39, 0.29) is 23.0 Å². The molecule has 8 rings (SSSR count). The van der Waals surface area contributed by atoms with Crippen LogP contribution in [0.2, 0.25) is 0 Å². The predicted octanol–water partition coefficient (Wildman–Crippen LogP) is 0.740. The molecule has 0 aromatic heterocycles. The van der Waals surface area contributed by atoms with Crippen molar-refractivity contribution in [3.63, 3.8) is 0 Å². The van der Waals surface area contributed by atoms with Crippen LogP contribution >= 0.6 is 0 Å². The van der Waals surface area contributed by atoms with E-state index in [1.165, 1.54) is 0 Å². The molecule has 3 N–H and O–H groups in total. The first-order valence-corrected chi connectivity index (χ1v) is 9.79. The highest BCUT2D eigenvalue weighted by atomic mass is 16.8. The average molecular weight is 362 g/mol. The zero-order valence-electron chi connectivity index (χ0n) is 15.1. The Kier molecular flexibility index (Phi) is 2.57. The number of rotatable bonds is 0. The fourth-order valence-corrected chi connectivity index (χ4v) is 8.49. The molecule has 0 unspecified atom stereocenters. The van der Waals surface area contributed by atoms with E-state index < -0.39 is 47.1 Å². The zero-order valence-corrected chi connectivity index (χ0v) is 15.1. The van der Waals surface area contributed by atoms with Gasteiger partial charge >= 0.3 is 0 Å². The number of Topliss-reactive ketones (excluding diaryl/α,β-unsaturated/α-hetero) is 1. The third-order valence-corrected chi connectivity index (χ3v) is 9.04. The maximum atomic E-state index is 13.5. The number of aliphatic hydroxyl groups excluding tert-OH is 2. The van der Waals surface area contributed by atoms with E-state index >= 15 is 0 Å². The maximum Gasteiger partial charge on any atom is 0.211 e. The van der Waals surface area contributed by atoms with Crippen molar-refractivity contribution in [1.29, 1.82) is 0 Å². The van der Waals surface area contributed by atoms with Gasteiger partial charge in [-0.3, -0.25) is 4.79 Å². The fraction of sp³-hybridized carbons (Fsp3) is 0.850. The molecule has 4 aliphatic heterocycles. The molecular weight excluding hydrogens is 336 g/mol. The van der Waals surface area contributed by atoms with Crippen LogP contribution in [0, 0.1) is 34.0 Å². The topological polar surface area (TPSA) is 96.2 Å². The van der Waals surface area contributed by atoms with Gasteiger partial charge in [-0.05, 0) is 30.3 Å². The van der Waals surface area contributed by atoms with E-state index in [1.54, 1.807) is 0 Å². The second-order valence-corrected chi connectivity index (χ2v) is 10.2. The summed E-state index contributed by atoms with van der Waals surface area (Å²) in [5, 5.41) is 34.3. The summed E-state index contributed by atoms with van der Waals surface area (Å²) in [4.78, 5) is 13.5. The Morgan fingerprint density at radius 3 is 2.65 bits per heavy atom. The molecular formula is C20H26O6. The Morgan fingerprint density at radius 2 is 1.92 bits per heavy atom. The highest BCUT2D eigenvalue weighted by Crippen LogP contribution is 2.81. The van der Waals surface area contributed by atoms with Crippen molar-refractivity contribution in [2.75, 3.05) is 0 Å². The zero-order chi connectivity index (χ0) is 18.4. The molecule has 8 aliphatic rings. The number of carbonyl (C=O) groups is 1. The lowest BCUT2D eigenvalue weighted by molar-refractivity contribution is -0.554.